The van der Waals surface area contributed by atoms with E-state index in [1.807, 2.05) is 24.3 Å². The van der Waals surface area contributed by atoms with Crippen molar-refractivity contribution in [3.63, 3.8) is 0 Å². The first kappa shape index (κ1) is 24.7. The van der Waals surface area contributed by atoms with Gasteiger partial charge in [0.25, 0.3) is 0 Å². The minimum Gasteiger partial charge on any atom is -0.444 e. The number of hydrogen-bond acceptors (Lipinski definition) is 8. The molecule has 0 aliphatic rings. The van der Waals surface area contributed by atoms with Gasteiger partial charge in [0, 0.05) is 11.9 Å². The molecule has 2 aromatic rings. The first-order chi connectivity index (χ1) is 14.8. The van der Waals surface area contributed by atoms with Gasteiger partial charge in [-0.05, 0) is 47.6 Å². The number of nitrogens with one attached hydrogen (secondary N) is 3. The molecule has 0 saturated heterocycles. The second-order valence-electron chi connectivity index (χ2n) is 9.02. The van der Waals surface area contributed by atoms with Gasteiger partial charge in [0.1, 0.15) is 11.2 Å². The fourth-order valence-corrected chi connectivity index (χ4v) is 2.61. The first-order valence-electron chi connectivity index (χ1n) is 10.3. The summed E-state index contributed by atoms with van der Waals surface area (Å²) in [6.45, 7) is 11.0. The topological polar surface area (TPSA) is 140 Å². The van der Waals surface area contributed by atoms with Crippen LogP contribution in [0.3, 0.4) is 0 Å². The molecular formula is C22H32N6O4. The van der Waals surface area contributed by atoms with Crippen LogP contribution in [0.25, 0.3) is 10.9 Å². The van der Waals surface area contributed by atoms with Gasteiger partial charge in [-0.3, -0.25) is 20.6 Å². The molecule has 1 heterocycles. The van der Waals surface area contributed by atoms with Crippen molar-refractivity contribution >= 4 is 40.4 Å². The number of nitrogens with zero attached hydrogens (tertiary/aromatic N) is 2. The minimum atomic E-state index is -0.746. The van der Waals surface area contributed by atoms with E-state index in [1.165, 1.54) is 0 Å². The summed E-state index contributed by atoms with van der Waals surface area (Å²) in [7, 11) is 0. The Kier molecular flexibility index (Phi) is 7.85. The standard InChI is InChI=1S/C22H32N6O4/c1-21(2,3)31-19(29)27-18(28-20(30)32-22(4,5)6)25-12-11-24-17-14-9-7-8-10-16(14)26-13-15(17)23/h7-10,13H,11-12,23H2,1-6H3,(H,24,26)(H2,25,27,28,29,30). The van der Waals surface area contributed by atoms with Crippen LogP contribution in [0.2, 0.25) is 0 Å². The number of aromatic nitrogens is 1. The van der Waals surface area contributed by atoms with E-state index >= 15 is 0 Å². The third-order valence-corrected chi connectivity index (χ3v) is 3.73. The Labute approximate surface area is 188 Å². The molecule has 0 radical (unpaired) electrons. The van der Waals surface area contributed by atoms with Gasteiger partial charge in [-0.25, -0.2) is 9.59 Å². The predicted molar refractivity (Wildman–Crippen MR) is 126 cm³/mol. The average Bonchev–Trinajstić information content (AvgIpc) is 2.63. The summed E-state index contributed by atoms with van der Waals surface area (Å²) in [4.78, 5) is 32.8. The third-order valence-electron chi connectivity index (χ3n) is 3.73. The lowest BCUT2D eigenvalue weighted by molar-refractivity contribution is 0.0545. The van der Waals surface area contributed by atoms with E-state index in [1.54, 1.807) is 47.7 Å². The summed E-state index contributed by atoms with van der Waals surface area (Å²) in [6.07, 6.45) is 0.0993. The van der Waals surface area contributed by atoms with Crippen molar-refractivity contribution in [2.24, 2.45) is 4.99 Å². The number of carbonyl (C=O) groups excluding carboxylic acids is 2. The molecule has 0 aliphatic heterocycles. The number of anilines is 2. The fraction of sp³-hybridized carbons (Fsp3) is 0.455. The molecule has 0 bridgehead atoms. The first-order valence-corrected chi connectivity index (χ1v) is 10.3. The highest BCUT2D eigenvalue weighted by Gasteiger charge is 2.21. The van der Waals surface area contributed by atoms with Crippen molar-refractivity contribution in [2.45, 2.75) is 52.7 Å². The molecule has 0 unspecified atom stereocenters. The van der Waals surface area contributed by atoms with Crippen molar-refractivity contribution in [2.75, 3.05) is 24.1 Å². The smallest absolute Gasteiger partial charge is 0.414 e. The van der Waals surface area contributed by atoms with E-state index in [9.17, 15) is 9.59 Å². The lowest BCUT2D eigenvalue weighted by Crippen LogP contribution is -2.47. The summed E-state index contributed by atoms with van der Waals surface area (Å²) in [5.74, 6) is -0.0807. The van der Waals surface area contributed by atoms with Crippen LogP contribution in [-0.4, -0.2) is 47.4 Å². The maximum absolute atomic E-state index is 12.1. The summed E-state index contributed by atoms with van der Waals surface area (Å²) >= 11 is 0. The third kappa shape index (κ3) is 8.29. The normalized spacial score (nSPS) is 11.4. The number of nitrogens with two attached hydrogens (primary N) is 1. The van der Waals surface area contributed by atoms with Crippen LogP contribution in [0, 0.1) is 0 Å². The zero-order chi connectivity index (χ0) is 23.9. The Bertz CT molecular complexity index is 960. The Hall–Kier alpha value is -3.56. The molecule has 174 valence electrons. The number of para-hydroxylation sites is 1. The predicted octanol–water partition coefficient (Wildman–Crippen LogP) is 3.63. The molecule has 5 N–H and O–H groups in total. The summed E-state index contributed by atoms with van der Waals surface area (Å²) in [5.41, 5.74) is 6.72. The van der Waals surface area contributed by atoms with Crippen LogP contribution < -0.4 is 21.7 Å². The van der Waals surface area contributed by atoms with Gasteiger partial charge >= 0.3 is 12.2 Å². The monoisotopic (exact) mass is 444 g/mol. The molecule has 32 heavy (non-hydrogen) atoms. The molecule has 0 spiro atoms. The Balaban J connectivity index is 2.08. The number of carbonyl (C=O) groups is 2. The lowest BCUT2D eigenvalue weighted by Gasteiger charge is -2.22. The zero-order valence-electron chi connectivity index (χ0n) is 19.4. The van der Waals surface area contributed by atoms with E-state index in [4.69, 9.17) is 15.2 Å². The molecule has 10 heteroatoms. The molecule has 0 atom stereocenters. The van der Waals surface area contributed by atoms with Crippen molar-refractivity contribution in [3.05, 3.63) is 30.5 Å². The summed E-state index contributed by atoms with van der Waals surface area (Å²) < 4.78 is 10.5. The van der Waals surface area contributed by atoms with Gasteiger partial charge in [0.15, 0.2) is 0 Å². The number of hydrogen-bond donors (Lipinski definition) is 4. The number of guanidine groups is 1. The Morgan fingerprint density at radius 1 is 1.00 bits per heavy atom. The zero-order valence-corrected chi connectivity index (χ0v) is 19.4. The second kappa shape index (κ2) is 10.2. The maximum atomic E-state index is 12.1. The minimum absolute atomic E-state index is 0.0807. The van der Waals surface area contributed by atoms with Crippen molar-refractivity contribution < 1.29 is 19.1 Å². The molecule has 0 saturated carbocycles. The number of nitrogen functional groups attached to an aromatic ring is 1. The highest BCUT2D eigenvalue weighted by Crippen LogP contribution is 2.27. The van der Waals surface area contributed by atoms with Crippen LogP contribution >= 0.6 is 0 Å². The SMILES string of the molecule is CC(C)(C)OC(=O)NC(=NCCNc1c(N)cnc2ccccc12)NC(=O)OC(C)(C)C. The number of aliphatic imine (C=N–C) groups is 1. The number of alkyl carbamates (subject to hydrolysis) is 2. The van der Waals surface area contributed by atoms with Crippen molar-refractivity contribution in [1.29, 1.82) is 0 Å². The number of rotatable bonds is 4. The second-order valence-corrected chi connectivity index (χ2v) is 9.02. The Morgan fingerprint density at radius 2 is 1.56 bits per heavy atom. The van der Waals surface area contributed by atoms with Crippen LogP contribution in [0.5, 0.6) is 0 Å². The van der Waals surface area contributed by atoms with E-state index < -0.39 is 23.4 Å². The van der Waals surface area contributed by atoms with Gasteiger partial charge in [0.2, 0.25) is 5.96 Å². The van der Waals surface area contributed by atoms with Gasteiger partial charge in [-0.2, -0.15) is 0 Å². The molecule has 2 rings (SSSR count). The molecular weight excluding hydrogens is 412 g/mol. The van der Waals surface area contributed by atoms with E-state index in [-0.39, 0.29) is 12.5 Å². The molecule has 0 fully saturated rings. The highest BCUT2D eigenvalue weighted by molar-refractivity contribution is 6.01. The maximum Gasteiger partial charge on any atom is 0.414 e. The number of fused-ring (bicyclic) bond motifs is 1. The van der Waals surface area contributed by atoms with Crippen molar-refractivity contribution in [1.82, 2.24) is 15.6 Å². The van der Waals surface area contributed by atoms with E-state index in [0.717, 1.165) is 16.6 Å². The molecule has 10 nitrogen and oxygen atoms in total. The van der Waals surface area contributed by atoms with E-state index in [2.05, 4.69) is 25.9 Å². The van der Waals surface area contributed by atoms with Crippen molar-refractivity contribution in [3.8, 4) is 0 Å². The number of pyridine rings is 1. The molecule has 1 aromatic heterocycles. The van der Waals surface area contributed by atoms with Gasteiger partial charge in [-0.15, -0.1) is 0 Å². The fourth-order valence-electron chi connectivity index (χ4n) is 2.61. The lowest BCUT2D eigenvalue weighted by atomic mass is 10.1. The number of benzene rings is 1. The number of amides is 2. The molecule has 1 aromatic carbocycles. The largest absolute Gasteiger partial charge is 0.444 e. The Morgan fingerprint density at radius 3 is 2.12 bits per heavy atom. The molecule has 2 amide bonds. The summed E-state index contributed by atoms with van der Waals surface area (Å²) in [5, 5.41) is 9.01. The van der Waals surface area contributed by atoms with Gasteiger partial charge in [-0.1, -0.05) is 18.2 Å². The van der Waals surface area contributed by atoms with Crippen LogP contribution in [0.4, 0.5) is 21.0 Å². The quantitative estimate of drug-likeness (QED) is 0.321. The van der Waals surface area contributed by atoms with Crippen LogP contribution in [0.1, 0.15) is 41.5 Å². The van der Waals surface area contributed by atoms with E-state index in [0.29, 0.717) is 12.2 Å². The van der Waals surface area contributed by atoms with Crippen LogP contribution in [-0.2, 0) is 9.47 Å². The number of ether oxygens (including phenoxy) is 2. The van der Waals surface area contributed by atoms with Crippen LogP contribution in [0.15, 0.2) is 35.5 Å². The molecule has 0 aliphatic carbocycles. The van der Waals surface area contributed by atoms with Gasteiger partial charge in [0.05, 0.1) is 29.6 Å². The van der Waals surface area contributed by atoms with Gasteiger partial charge < -0.3 is 20.5 Å². The summed E-state index contributed by atoms with van der Waals surface area (Å²) in [6, 6.07) is 7.62. The average molecular weight is 445 g/mol. The highest BCUT2D eigenvalue weighted by atomic mass is 16.6.